The van der Waals surface area contributed by atoms with Gasteiger partial charge in [0, 0.05) is 5.92 Å². The molecule has 0 amide bonds. The standard InChI is InChI=1S/C18H18/c1-3-10-15-13-8-9-14-18(15)17(4-2)16-11-6-5-7-12-16/h3-9,11-14,17H,1-2,10H2. The van der Waals surface area contributed by atoms with Crippen LogP contribution in [0.25, 0.3) is 0 Å². The van der Waals surface area contributed by atoms with Crippen LogP contribution in [-0.2, 0) is 6.42 Å². The molecule has 0 saturated carbocycles. The molecule has 1 atom stereocenters. The Labute approximate surface area is 109 Å². The van der Waals surface area contributed by atoms with Crippen molar-refractivity contribution in [3.05, 3.63) is 96.6 Å². The van der Waals surface area contributed by atoms with Crippen LogP contribution in [0.1, 0.15) is 22.6 Å². The van der Waals surface area contributed by atoms with Gasteiger partial charge in [0.2, 0.25) is 0 Å². The second kappa shape index (κ2) is 6.02. The maximum atomic E-state index is 3.99. The van der Waals surface area contributed by atoms with Gasteiger partial charge in [-0.15, -0.1) is 13.2 Å². The van der Waals surface area contributed by atoms with Crippen molar-refractivity contribution in [2.45, 2.75) is 12.3 Å². The third kappa shape index (κ3) is 2.60. The molecule has 0 aromatic heterocycles. The van der Waals surface area contributed by atoms with Crippen LogP contribution in [0.15, 0.2) is 79.9 Å². The second-order valence-electron chi connectivity index (χ2n) is 4.32. The number of hydrogen-bond acceptors (Lipinski definition) is 0. The van der Waals surface area contributed by atoms with Gasteiger partial charge >= 0.3 is 0 Å². The van der Waals surface area contributed by atoms with Crippen molar-refractivity contribution in [1.82, 2.24) is 0 Å². The van der Waals surface area contributed by atoms with Crippen molar-refractivity contribution in [3.63, 3.8) is 0 Å². The molecule has 0 heteroatoms. The van der Waals surface area contributed by atoms with E-state index in [0.717, 1.165) is 6.42 Å². The fourth-order valence-electron chi connectivity index (χ4n) is 2.28. The zero-order chi connectivity index (χ0) is 12.8. The van der Waals surface area contributed by atoms with Crippen molar-refractivity contribution in [3.8, 4) is 0 Å². The lowest BCUT2D eigenvalue weighted by molar-refractivity contribution is 0.995. The molecule has 0 nitrogen and oxygen atoms in total. The molecular weight excluding hydrogens is 216 g/mol. The number of rotatable bonds is 5. The van der Waals surface area contributed by atoms with Gasteiger partial charge in [-0.3, -0.25) is 0 Å². The van der Waals surface area contributed by atoms with E-state index in [4.69, 9.17) is 0 Å². The van der Waals surface area contributed by atoms with Crippen LogP contribution in [0.3, 0.4) is 0 Å². The number of benzene rings is 2. The van der Waals surface area contributed by atoms with Crippen LogP contribution < -0.4 is 0 Å². The Balaban J connectivity index is 2.45. The van der Waals surface area contributed by atoms with Gasteiger partial charge in [-0.1, -0.05) is 66.7 Å². The largest absolute Gasteiger partial charge is 0.103 e. The minimum Gasteiger partial charge on any atom is -0.103 e. The molecule has 0 fully saturated rings. The Bertz CT molecular complexity index is 523. The molecule has 0 N–H and O–H groups in total. The highest BCUT2D eigenvalue weighted by molar-refractivity contribution is 5.41. The van der Waals surface area contributed by atoms with Crippen molar-refractivity contribution < 1.29 is 0 Å². The summed E-state index contributed by atoms with van der Waals surface area (Å²) >= 11 is 0. The van der Waals surface area contributed by atoms with Crippen molar-refractivity contribution in [2.75, 3.05) is 0 Å². The summed E-state index contributed by atoms with van der Waals surface area (Å²) in [4.78, 5) is 0. The summed E-state index contributed by atoms with van der Waals surface area (Å²) < 4.78 is 0. The molecule has 0 bridgehead atoms. The van der Waals surface area contributed by atoms with Gasteiger partial charge in [0.05, 0.1) is 0 Å². The highest BCUT2D eigenvalue weighted by Gasteiger charge is 2.12. The topological polar surface area (TPSA) is 0 Å². The lowest BCUT2D eigenvalue weighted by atomic mass is 9.87. The van der Waals surface area contributed by atoms with Gasteiger partial charge in [0.1, 0.15) is 0 Å². The Morgan fingerprint density at radius 1 is 0.889 bits per heavy atom. The molecule has 2 aromatic carbocycles. The average Bonchev–Trinajstić information content (AvgIpc) is 2.43. The van der Waals surface area contributed by atoms with Crippen molar-refractivity contribution in [1.29, 1.82) is 0 Å². The minimum absolute atomic E-state index is 0.252. The molecule has 2 rings (SSSR count). The first-order valence-electron chi connectivity index (χ1n) is 6.23. The zero-order valence-electron chi connectivity index (χ0n) is 10.5. The molecule has 0 radical (unpaired) electrons. The quantitative estimate of drug-likeness (QED) is 0.656. The van der Waals surface area contributed by atoms with E-state index >= 15 is 0 Å². The molecule has 0 aliphatic rings. The van der Waals surface area contributed by atoms with E-state index in [1.807, 2.05) is 18.2 Å². The summed E-state index contributed by atoms with van der Waals surface area (Å²) in [6.07, 6.45) is 4.86. The Morgan fingerprint density at radius 2 is 1.56 bits per heavy atom. The maximum absolute atomic E-state index is 3.99. The molecule has 1 unspecified atom stereocenters. The van der Waals surface area contributed by atoms with Crippen LogP contribution >= 0.6 is 0 Å². The van der Waals surface area contributed by atoms with E-state index in [1.165, 1.54) is 16.7 Å². The molecular formula is C18H18. The van der Waals surface area contributed by atoms with Crippen LogP contribution in [0.4, 0.5) is 0 Å². The van der Waals surface area contributed by atoms with Gasteiger partial charge in [-0.2, -0.15) is 0 Å². The Hall–Kier alpha value is -2.08. The maximum Gasteiger partial charge on any atom is 0.0269 e. The summed E-state index contributed by atoms with van der Waals surface area (Å²) in [5.74, 6) is 0.252. The molecule has 0 aliphatic carbocycles. The molecule has 90 valence electrons. The molecule has 0 spiro atoms. The average molecular weight is 234 g/mol. The summed E-state index contributed by atoms with van der Waals surface area (Å²) in [5, 5.41) is 0. The van der Waals surface area contributed by atoms with Crippen molar-refractivity contribution in [2.24, 2.45) is 0 Å². The smallest absolute Gasteiger partial charge is 0.0269 e. The molecule has 0 saturated heterocycles. The Morgan fingerprint density at radius 3 is 2.22 bits per heavy atom. The van der Waals surface area contributed by atoms with E-state index in [9.17, 15) is 0 Å². The normalized spacial score (nSPS) is 11.8. The predicted octanol–water partition coefficient (Wildman–Crippen LogP) is 4.73. The summed E-state index contributed by atoms with van der Waals surface area (Å²) in [7, 11) is 0. The van der Waals surface area contributed by atoms with Crippen LogP contribution in [0.5, 0.6) is 0 Å². The number of hydrogen-bond donors (Lipinski definition) is 0. The van der Waals surface area contributed by atoms with Gasteiger partial charge in [0.25, 0.3) is 0 Å². The van der Waals surface area contributed by atoms with E-state index in [1.54, 1.807) is 0 Å². The summed E-state index contributed by atoms with van der Waals surface area (Å²) in [5.41, 5.74) is 3.92. The van der Waals surface area contributed by atoms with Gasteiger partial charge in [0.15, 0.2) is 0 Å². The predicted molar refractivity (Wildman–Crippen MR) is 78.8 cm³/mol. The van der Waals surface area contributed by atoms with Crippen LogP contribution in [0.2, 0.25) is 0 Å². The van der Waals surface area contributed by atoms with Gasteiger partial charge in [-0.25, -0.2) is 0 Å². The number of allylic oxidation sites excluding steroid dienone is 2. The third-order valence-corrected chi connectivity index (χ3v) is 3.15. The van der Waals surface area contributed by atoms with Gasteiger partial charge in [-0.05, 0) is 23.1 Å². The fourth-order valence-corrected chi connectivity index (χ4v) is 2.28. The first kappa shape index (κ1) is 12.4. The monoisotopic (exact) mass is 234 g/mol. The molecule has 0 aliphatic heterocycles. The molecule has 18 heavy (non-hydrogen) atoms. The first-order valence-corrected chi connectivity index (χ1v) is 6.23. The first-order chi connectivity index (χ1) is 8.86. The molecule has 0 heterocycles. The van der Waals surface area contributed by atoms with Gasteiger partial charge < -0.3 is 0 Å². The Kier molecular flexibility index (Phi) is 4.14. The minimum atomic E-state index is 0.252. The highest BCUT2D eigenvalue weighted by Crippen LogP contribution is 2.28. The van der Waals surface area contributed by atoms with E-state index in [-0.39, 0.29) is 5.92 Å². The highest BCUT2D eigenvalue weighted by atomic mass is 14.2. The summed E-state index contributed by atoms with van der Waals surface area (Å²) in [6, 6.07) is 19.0. The SMILES string of the molecule is C=CCc1ccccc1C(C=C)c1ccccc1. The summed E-state index contributed by atoms with van der Waals surface area (Å²) in [6.45, 7) is 7.82. The lowest BCUT2D eigenvalue weighted by Crippen LogP contribution is -2.01. The fraction of sp³-hybridized carbons (Fsp3) is 0.111. The van der Waals surface area contributed by atoms with Crippen LogP contribution in [0, 0.1) is 0 Å². The van der Waals surface area contributed by atoms with Crippen molar-refractivity contribution >= 4 is 0 Å². The zero-order valence-corrected chi connectivity index (χ0v) is 10.5. The second-order valence-corrected chi connectivity index (χ2v) is 4.32. The lowest BCUT2D eigenvalue weighted by Gasteiger charge is -2.17. The van der Waals surface area contributed by atoms with Crippen LogP contribution in [-0.4, -0.2) is 0 Å². The van der Waals surface area contributed by atoms with E-state index in [2.05, 4.69) is 61.7 Å². The third-order valence-electron chi connectivity index (χ3n) is 3.15. The van der Waals surface area contributed by atoms with E-state index < -0.39 is 0 Å². The van der Waals surface area contributed by atoms with E-state index in [0.29, 0.717) is 0 Å². The molecule has 2 aromatic rings.